The number of carboxylic acid groups (broad SMARTS) is 1. The second kappa shape index (κ2) is 6.07. The summed E-state index contributed by atoms with van der Waals surface area (Å²) in [5.74, 6) is -0.0581. The summed E-state index contributed by atoms with van der Waals surface area (Å²) < 4.78 is 1.06. The SMILES string of the molecule is O=C(O)c1ccc(CSc2cccc(Br)c2)cc1. The molecule has 0 bridgehead atoms. The Hall–Kier alpha value is -1.26. The minimum atomic E-state index is -0.888. The third-order valence-corrected chi connectivity index (χ3v) is 3.96. The van der Waals surface area contributed by atoms with Gasteiger partial charge in [-0.1, -0.05) is 34.1 Å². The van der Waals surface area contributed by atoms with Crippen LogP contribution in [0.2, 0.25) is 0 Å². The third-order valence-electron chi connectivity index (χ3n) is 2.40. The number of carbonyl (C=O) groups is 1. The predicted molar refractivity (Wildman–Crippen MR) is 77.1 cm³/mol. The summed E-state index contributed by atoms with van der Waals surface area (Å²) in [7, 11) is 0. The van der Waals surface area contributed by atoms with Gasteiger partial charge in [0.2, 0.25) is 0 Å². The second-order valence-corrected chi connectivity index (χ2v) is 5.71. The fraction of sp³-hybridized carbons (Fsp3) is 0.0714. The van der Waals surface area contributed by atoms with Gasteiger partial charge in [0.1, 0.15) is 0 Å². The summed E-state index contributed by atoms with van der Waals surface area (Å²) >= 11 is 5.16. The van der Waals surface area contributed by atoms with E-state index in [4.69, 9.17) is 5.11 Å². The lowest BCUT2D eigenvalue weighted by atomic mass is 10.1. The van der Waals surface area contributed by atoms with Crippen molar-refractivity contribution < 1.29 is 9.90 Å². The molecule has 0 radical (unpaired) electrons. The van der Waals surface area contributed by atoms with E-state index in [-0.39, 0.29) is 0 Å². The molecule has 0 aliphatic rings. The first-order chi connectivity index (χ1) is 8.65. The molecule has 0 atom stereocenters. The van der Waals surface area contributed by atoms with Crippen molar-refractivity contribution in [2.75, 3.05) is 0 Å². The van der Waals surface area contributed by atoms with Crippen molar-refractivity contribution >= 4 is 33.7 Å². The standard InChI is InChI=1S/C14H11BrO2S/c15-12-2-1-3-13(8-12)18-9-10-4-6-11(7-5-10)14(16)17/h1-8H,9H2,(H,16,17). The Balaban J connectivity index is 2.00. The number of thioether (sulfide) groups is 1. The molecule has 0 fully saturated rings. The molecule has 18 heavy (non-hydrogen) atoms. The molecule has 0 aliphatic carbocycles. The van der Waals surface area contributed by atoms with Gasteiger partial charge in [-0.05, 0) is 35.9 Å². The lowest BCUT2D eigenvalue weighted by Crippen LogP contribution is -1.95. The van der Waals surface area contributed by atoms with E-state index in [0.29, 0.717) is 5.56 Å². The van der Waals surface area contributed by atoms with Crippen molar-refractivity contribution in [2.45, 2.75) is 10.6 Å². The van der Waals surface area contributed by atoms with Crippen molar-refractivity contribution in [2.24, 2.45) is 0 Å². The lowest BCUT2D eigenvalue weighted by Gasteiger charge is -2.03. The Bertz CT molecular complexity index is 552. The van der Waals surface area contributed by atoms with Crippen LogP contribution in [0.4, 0.5) is 0 Å². The van der Waals surface area contributed by atoms with Gasteiger partial charge in [0.05, 0.1) is 5.56 Å². The summed E-state index contributed by atoms with van der Waals surface area (Å²) in [6.07, 6.45) is 0. The minimum absolute atomic E-state index is 0.325. The van der Waals surface area contributed by atoms with Crippen LogP contribution in [0.3, 0.4) is 0 Å². The number of hydrogen-bond acceptors (Lipinski definition) is 2. The van der Waals surface area contributed by atoms with Crippen molar-refractivity contribution in [3.8, 4) is 0 Å². The fourth-order valence-corrected chi connectivity index (χ4v) is 2.93. The van der Waals surface area contributed by atoms with E-state index in [1.165, 1.54) is 4.90 Å². The highest BCUT2D eigenvalue weighted by molar-refractivity contribution is 9.10. The number of halogens is 1. The van der Waals surface area contributed by atoms with E-state index in [9.17, 15) is 4.79 Å². The average Bonchev–Trinajstić information content (AvgIpc) is 2.37. The highest BCUT2D eigenvalue weighted by Gasteiger charge is 2.02. The zero-order valence-corrected chi connectivity index (χ0v) is 11.9. The van der Waals surface area contributed by atoms with Crippen LogP contribution >= 0.6 is 27.7 Å². The van der Waals surface area contributed by atoms with Gasteiger partial charge in [-0.3, -0.25) is 0 Å². The molecule has 2 aromatic carbocycles. The molecule has 92 valence electrons. The maximum Gasteiger partial charge on any atom is 0.335 e. The topological polar surface area (TPSA) is 37.3 Å². The van der Waals surface area contributed by atoms with E-state index in [1.807, 2.05) is 24.3 Å². The molecule has 0 unspecified atom stereocenters. The summed E-state index contributed by atoms with van der Waals surface area (Å²) in [6, 6.07) is 15.1. The van der Waals surface area contributed by atoms with Gasteiger partial charge in [0.15, 0.2) is 0 Å². The zero-order valence-electron chi connectivity index (χ0n) is 9.47. The molecule has 4 heteroatoms. The van der Waals surface area contributed by atoms with Crippen LogP contribution in [-0.4, -0.2) is 11.1 Å². The van der Waals surface area contributed by atoms with Gasteiger partial charge in [-0.25, -0.2) is 4.79 Å². The van der Waals surface area contributed by atoms with Crippen LogP contribution in [0.25, 0.3) is 0 Å². The van der Waals surface area contributed by atoms with E-state index in [2.05, 4.69) is 28.1 Å². The number of benzene rings is 2. The Morgan fingerprint density at radius 3 is 2.50 bits per heavy atom. The summed E-state index contributed by atoms with van der Waals surface area (Å²) in [5, 5.41) is 8.80. The first-order valence-corrected chi connectivity index (χ1v) is 7.13. The Morgan fingerprint density at radius 1 is 1.17 bits per heavy atom. The molecule has 0 saturated carbocycles. The maximum atomic E-state index is 10.7. The predicted octanol–water partition coefficient (Wildman–Crippen LogP) is 4.44. The first-order valence-electron chi connectivity index (χ1n) is 5.36. The van der Waals surface area contributed by atoms with E-state index in [1.54, 1.807) is 23.9 Å². The highest BCUT2D eigenvalue weighted by Crippen LogP contribution is 2.25. The van der Waals surface area contributed by atoms with Crippen LogP contribution in [-0.2, 0) is 5.75 Å². The highest BCUT2D eigenvalue weighted by atomic mass is 79.9. The van der Waals surface area contributed by atoms with Crippen LogP contribution in [0, 0.1) is 0 Å². The quantitative estimate of drug-likeness (QED) is 0.845. The summed E-state index contributed by atoms with van der Waals surface area (Å²) in [5.41, 5.74) is 1.44. The molecular formula is C14H11BrO2S. The molecule has 2 aromatic rings. The fourth-order valence-electron chi connectivity index (χ4n) is 1.47. The smallest absolute Gasteiger partial charge is 0.335 e. The summed E-state index contributed by atoms with van der Waals surface area (Å²) in [4.78, 5) is 11.9. The normalized spacial score (nSPS) is 10.3. The Kier molecular flexibility index (Phi) is 4.44. The van der Waals surface area contributed by atoms with E-state index < -0.39 is 5.97 Å². The van der Waals surface area contributed by atoms with Crippen LogP contribution in [0.1, 0.15) is 15.9 Å². The lowest BCUT2D eigenvalue weighted by molar-refractivity contribution is 0.0697. The van der Waals surface area contributed by atoms with Gasteiger partial charge < -0.3 is 5.11 Å². The monoisotopic (exact) mass is 322 g/mol. The number of aromatic carboxylic acids is 1. The van der Waals surface area contributed by atoms with Crippen LogP contribution in [0.5, 0.6) is 0 Å². The van der Waals surface area contributed by atoms with Crippen molar-refractivity contribution in [3.63, 3.8) is 0 Å². The van der Waals surface area contributed by atoms with Gasteiger partial charge in [0, 0.05) is 15.1 Å². The van der Waals surface area contributed by atoms with Gasteiger partial charge in [-0.2, -0.15) is 0 Å². The number of carboxylic acids is 1. The molecule has 2 nitrogen and oxygen atoms in total. The molecule has 1 N–H and O–H groups in total. The van der Waals surface area contributed by atoms with Crippen molar-refractivity contribution in [1.29, 1.82) is 0 Å². The molecular weight excluding hydrogens is 312 g/mol. The average molecular weight is 323 g/mol. The maximum absolute atomic E-state index is 10.7. The molecule has 2 rings (SSSR count). The van der Waals surface area contributed by atoms with Crippen LogP contribution in [0.15, 0.2) is 57.9 Å². The van der Waals surface area contributed by atoms with Crippen LogP contribution < -0.4 is 0 Å². The molecule has 0 heterocycles. The van der Waals surface area contributed by atoms with Gasteiger partial charge in [-0.15, -0.1) is 11.8 Å². The Labute approximate surface area is 118 Å². The van der Waals surface area contributed by atoms with E-state index in [0.717, 1.165) is 15.8 Å². The van der Waals surface area contributed by atoms with Crippen molar-refractivity contribution in [1.82, 2.24) is 0 Å². The first kappa shape index (κ1) is 13.2. The molecule has 0 spiro atoms. The number of rotatable bonds is 4. The molecule has 0 aliphatic heterocycles. The van der Waals surface area contributed by atoms with Crippen molar-refractivity contribution in [3.05, 3.63) is 64.1 Å². The molecule has 0 aromatic heterocycles. The zero-order chi connectivity index (χ0) is 13.0. The number of hydrogen-bond donors (Lipinski definition) is 1. The minimum Gasteiger partial charge on any atom is -0.478 e. The molecule has 0 amide bonds. The Morgan fingerprint density at radius 2 is 1.89 bits per heavy atom. The second-order valence-electron chi connectivity index (χ2n) is 3.75. The largest absolute Gasteiger partial charge is 0.478 e. The van der Waals surface area contributed by atoms with E-state index >= 15 is 0 Å². The van der Waals surface area contributed by atoms with Gasteiger partial charge in [0.25, 0.3) is 0 Å². The van der Waals surface area contributed by atoms with Gasteiger partial charge >= 0.3 is 5.97 Å². The third kappa shape index (κ3) is 3.62. The summed E-state index contributed by atoms with van der Waals surface area (Å²) in [6.45, 7) is 0. The molecule has 0 saturated heterocycles.